The van der Waals surface area contributed by atoms with Gasteiger partial charge in [0.1, 0.15) is 0 Å². The molecule has 0 aromatic heterocycles. The SMILES string of the molecule is O=[N+]([O-])CCc1ccccc1.OO. The van der Waals surface area contributed by atoms with Gasteiger partial charge in [0.25, 0.3) is 0 Å². The number of benzene rings is 1. The van der Waals surface area contributed by atoms with Crippen molar-refractivity contribution >= 4 is 0 Å². The van der Waals surface area contributed by atoms with Crippen LogP contribution in [0.25, 0.3) is 0 Å². The highest BCUT2D eigenvalue weighted by atomic mass is 17.0. The van der Waals surface area contributed by atoms with Crippen LogP contribution in [0.5, 0.6) is 0 Å². The molecule has 0 amide bonds. The molecule has 0 aliphatic heterocycles. The summed E-state index contributed by atoms with van der Waals surface area (Å²) in [6, 6.07) is 9.45. The molecule has 0 bridgehead atoms. The quantitative estimate of drug-likeness (QED) is 0.425. The van der Waals surface area contributed by atoms with E-state index in [1.54, 1.807) is 0 Å². The first-order valence-corrected chi connectivity index (χ1v) is 3.65. The fourth-order valence-corrected chi connectivity index (χ4v) is 0.865. The molecule has 0 heterocycles. The molecular weight excluding hydrogens is 174 g/mol. The summed E-state index contributed by atoms with van der Waals surface area (Å²) in [7, 11) is 0. The van der Waals surface area contributed by atoms with Crippen LogP contribution >= 0.6 is 0 Å². The van der Waals surface area contributed by atoms with Gasteiger partial charge in [-0.15, -0.1) is 0 Å². The van der Waals surface area contributed by atoms with Crippen LogP contribution in [0, 0.1) is 10.1 Å². The Balaban J connectivity index is 0.000000671. The first kappa shape index (κ1) is 11.5. The number of nitrogens with zero attached hydrogens (tertiary/aromatic N) is 1. The fraction of sp³-hybridized carbons (Fsp3) is 0.250. The molecule has 0 spiro atoms. The van der Waals surface area contributed by atoms with E-state index in [1.807, 2.05) is 30.3 Å². The first-order valence-electron chi connectivity index (χ1n) is 3.65. The Hall–Kier alpha value is -1.46. The highest BCUT2D eigenvalue weighted by Crippen LogP contribution is 1.98. The van der Waals surface area contributed by atoms with Crippen LogP contribution in [0.4, 0.5) is 0 Å². The number of hydrogen-bond donors (Lipinski definition) is 2. The molecule has 1 aromatic carbocycles. The summed E-state index contributed by atoms with van der Waals surface area (Å²) >= 11 is 0. The highest BCUT2D eigenvalue weighted by Gasteiger charge is 1.97. The van der Waals surface area contributed by atoms with E-state index in [2.05, 4.69) is 0 Å². The number of hydrogen-bond acceptors (Lipinski definition) is 4. The molecule has 2 N–H and O–H groups in total. The third-order valence-electron chi connectivity index (χ3n) is 1.43. The van der Waals surface area contributed by atoms with Gasteiger partial charge in [0.05, 0.1) is 0 Å². The van der Waals surface area contributed by atoms with Gasteiger partial charge in [-0.05, 0) is 5.56 Å². The zero-order valence-electron chi connectivity index (χ0n) is 6.96. The summed E-state index contributed by atoms with van der Waals surface area (Å²) in [4.78, 5) is 9.68. The zero-order valence-corrected chi connectivity index (χ0v) is 6.96. The summed E-state index contributed by atoms with van der Waals surface area (Å²) in [6.45, 7) is 0.0179. The smallest absolute Gasteiger partial charge is 0.207 e. The second-order valence-electron chi connectivity index (χ2n) is 2.29. The molecule has 0 atom stereocenters. The summed E-state index contributed by atoms with van der Waals surface area (Å²) < 4.78 is 0. The molecule has 1 rings (SSSR count). The van der Waals surface area contributed by atoms with Crippen LogP contribution in [-0.2, 0) is 6.42 Å². The predicted octanol–water partition coefficient (Wildman–Crippen LogP) is 1.52. The minimum Gasteiger partial charge on any atom is -0.265 e. The van der Waals surface area contributed by atoms with Crippen LogP contribution in [0.2, 0.25) is 0 Å². The van der Waals surface area contributed by atoms with Crippen molar-refractivity contribution in [3.05, 3.63) is 46.0 Å². The lowest BCUT2D eigenvalue weighted by Crippen LogP contribution is -2.03. The van der Waals surface area contributed by atoms with Crippen molar-refractivity contribution in [3.63, 3.8) is 0 Å². The molecular formula is C8H11NO4. The van der Waals surface area contributed by atoms with Gasteiger partial charge in [0.2, 0.25) is 6.54 Å². The lowest BCUT2D eigenvalue weighted by atomic mass is 10.2. The van der Waals surface area contributed by atoms with Gasteiger partial charge in [-0.3, -0.25) is 20.6 Å². The molecule has 0 fully saturated rings. The molecule has 0 aliphatic carbocycles. The molecule has 0 saturated carbocycles. The fourth-order valence-electron chi connectivity index (χ4n) is 0.865. The predicted molar refractivity (Wildman–Crippen MR) is 47.3 cm³/mol. The van der Waals surface area contributed by atoms with Gasteiger partial charge in [-0.25, -0.2) is 0 Å². The van der Waals surface area contributed by atoms with E-state index >= 15 is 0 Å². The van der Waals surface area contributed by atoms with Crippen molar-refractivity contribution in [2.75, 3.05) is 6.54 Å². The first-order chi connectivity index (χ1) is 6.29. The average molecular weight is 185 g/mol. The van der Waals surface area contributed by atoms with E-state index in [4.69, 9.17) is 10.5 Å². The minimum atomic E-state index is -0.299. The van der Waals surface area contributed by atoms with Gasteiger partial charge >= 0.3 is 0 Å². The minimum absolute atomic E-state index is 0.0179. The molecule has 0 saturated heterocycles. The molecule has 5 heteroatoms. The van der Waals surface area contributed by atoms with Crippen molar-refractivity contribution in [3.8, 4) is 0 Å². The molecule has 0 unspecified atom stereocenters. The van der Waals surface area contributed by atoms with Crippen LogP contribution in [0.1, 0.15) is 5.56 Å². The van der Waals surface area contributed by atoms with Crippen molar-refractivity contribution in [1.82, 2.24) is 0 Å². The largest absolute Gasteiger partial charge is 0.265 e. The molecule has 5 nitrogen and oxygen atoms in total. The van der Waals surface area contributed by atoms with Crippen LogP contribution in [-0.4, -0.2) is 22.0 Å². The standard InChI is InChI=1S/C8H9NO2.H2O2/c10-9(11)7-6-8-4-2-1-3-5-8;1-2/h1-5H,6-7H2;1-2H. The average Bonchev–Trinajstić information content (AvgIpc) is 2.19. The summed E-state index contributed by atoms with van der Waals surface area (Å²) in [5.74, 6) is 0. The topological polar surface area (TPSA) is 83.6 Å². The Morgan fingerprint density at radius 2 is 1.77 bits per heavy atom. The van der Waals surface area contributed by atoms with E-state index in [9.17, 15) is 10.1 Å². The third kappa shape index (κ3) is 5.77. The zero-order chi connectivity index (χ0) is 10.1. The molecule has 0 aliphatic rings. The van der Waals surface area contributed by atoms with Crippen LogP contribution < -0.4 is 0 Å². The molecule has 72 valence electrons. The van der Waals surface area contributed by atoms with Gasteiger partial charge in [-0.1, -0.05) is 30.3 Å². The van der Waals surface area contributed by atoms with Gasteiger partial charge < -0.3 is 0 Å². The van der Waals surface area contributed by atoms with Crippen LogP contribution in [0.15, 0.2) is 30.3 Å². The van der Waals surface area contributed by atoms with E-state index in [0.717, 1.165) is 5.56 Å². The second kappa shape index (κ2) is 7.20. The highest BCUT2D eigenvalue weighted by molar-refractivity contribution is 5.14. The molecule has 1 aromatic rings. The van der Waals surface area contributed by atoms with Gasteiger partial charge in [0, 0.05) is 11.3 Å². The number of rotatable bonds is 3. The maximum atomic E-state index is 9.98. The van der Waals surface area contributed by atoms with Gasteiger partial charge in [-0.2, -0.15) is 0 Å². The van der Waals surface area contributed by atoms with E-state index < -0.39 is 0 Å². The number of nitro groups is 1. The van der Waals surface area contributed by atoms with Crippen molar-refractivity contribution in [2.45, 2.75) is 6.42 Å². The van der Waals surface area contributed by atoms with E-state index in [0.29, 0.717) is 6.42 Å². The van der Waals surface area contributed by atoms with E-state index in [-0.39, 0.29) is 11.5 Å². The normalized spacial score (nSPS) is 8.46. The summed E-state index contributed by atoms with van der Waals surface area (Å²) in [5, 5.41) is 22.0. The summed E-state index contributed by atoms with van der Waals surface area (Å²) in [6.07, 6.45) is 0.522. The maximum absolute atomic E-state index is 9.98. The maximum Gasteiger partial charge on any atom is 0.207 e. The second-order valence-corrected chi connectivity index (χ2v) is 2.29. The van der Waals surface area contributed by atoms with Gasteiger partial charge in [0.15, 0.2) is 0 Å². The van der Waals surface area contributed by atoms with Crippen molar-refractivity contribution in [1.29, 1.82) is 0 Å². The van der Waals surface area contributed by atoms with Crippen molar-refractivity contribution in [2.24, 2.45) is 0 Å². The third-order valence-corrected chi connectivity index (χ3v) is 1.43. The lowest BCUT2D eigenvalue weighted by Gasteiger charge is -1.94. The monoisotopic (exact) mass is 185 g/mol. The Bertz CT molecular complexity index is 237. The lowest BCUT2D eigenvalue weighted by molar-refractivity contribution is -0.479. The Kier molecular flexibility index (Phi) is 6.39. The molecule has 13 heavy (non-hydrogen) atoms. The molecule has 0 radical (unpaired) electrons. The van der Waals surface area contributed by atoms with E-state index in [1.165, 1.54) is 0 Å². The summed E-state index contributed by atoms with van der Waals surface area (Å²) in [5.41, 5.74) is 1.02. The Morgan fingerprint density at radius 3 is 2.23 bits per heavy atom. The Labute approximate surface area is 75.3 Å². The van der Waals surface area contributed by atoms with Crippen LogP contribution in [0.3, 0.4) is 0 Å². The van der Waals surface area contributed by atoms with Crippen molar-refractivity contribution < 1.29 is 15.4 Å². The Morgan fingerprint density at radius 1 is 1.23 bits per heavy atom.